The molecule has 12 heavy (non-hydrogen) atoms. The van der Waals surface area contributed by atoms with Gasteiger partial charge in [0.2, 0.25) is 0 Å². The molecule has 0 radical (unpaired) electrons. The normalized spacial score (nSPS) is 22.4. The van der Waals surface area contributed by atoms with Gasteiger partial charge in [0.05, 0.1) is 5.60 Å². The largest absolute Gasteiger partial charge is 0.390 e. The summed E-state index contributed by atoms with van der Waals surface area (Å²) < 4.78 is 0. The molecule has 1 fully saturated rings. The Labute approximate surface area is 75.2 Å². The molecule has 1 aliphatic rings. The zero-order valence-electron chi connectivity index (χ0n) is 7.84. The summed E-state index contributed by atoms with van der Waals surface area (Å²) in [5, 5.41) is 9.89. The molecule has 0 saturated heterocycles. The molecule has 0 aromatic heterocycles. The van der Waals surface area contributed by atoms with Crippen LogP contribution >= 0.6 is 0 Å². The number of rotatable bonds is 4. The number of hydrogen-bond donors (Lipinski definition) is 1. The molecule has 0 heterocycles. The Hall–Kier alpha value is -0.480. The molecule has 1 N–H and O–H groups in total. The van der Waals surface area contributed by atoms with Crippen molar-refractivity contribution in [3.63, 3.8) is 0 Å². The summed E-state index contributed by atoms with van der Waals surface area (Å²) in [6, 6.07) is 0. The van der Waals surface area contributed by atoms with Crippen molar-refractivity contribution in [1.82, 2.24) is 0 Å². The lowest BCUT2D eigenvalue weighted by atomic mass is 9.77. The third-order valence-corrected chi connectivity index (χ3v) is 2.76. The quantitative estimate of drug-likeness (QED) is 0.635. The minimum absolute atomic E-state index is 0.516. The molecule has 1 unspecified atom stereocenters. The maximum Gasteiger partial charge on any atom is 0.0631 e. The Morgan fingerprint density at radius 2 is 2.25 bits per heavy atom. The lowest BCUT2D eigenvalue weighted by Gasteiger charge is -2.33. The first-order valence-electron chi connectivity index (χ1n) is 4.80. The van der Waals surface area contributed by atoms with Crippen LogP contribution in [0.5, 0.6) is 0 Å². The van der Waals surface area contributed by atoms with Crippen molar-refractivity contribution in [2.75, 3.05) is 0 Å². The van der Waals surface area contributed by atoms with E-state index in [2.05, 4.69) is 5.92 Å². The van der Waals surface area contributed by atoms with Crippen molar-refractivity contribution in [2.45, 2.75) is 51.0 Å². The van der Waals surface area contributed by atoms with Crippen molar-refractivity contribution in [3.8, 4) is 12.3 Å². The van der Waals surface area contributed by atoms with Gasteiger partial charge in [-0.2, -0.15) is 0 Å². The summed E-state index contributed by atoms with van der Waals surface area (Å²) in [6.45, 7) is 1.91. The minimum Gasteiger partial charge on any atom is -0.390 e. The highest BCUT2D eigenvalue weighted by Gasteiger charge is 2.28. The molecule has 1 heteroatoms. The Bertz CT molecular complexity index is 172. The van der Waals surface area contributed by atoms with E-state index in [1.165, 1.54) is 19.3 Å². The standard InChI is InChI=1S/C11H18O/c1-3-4-8-11(2,12)9-10-6-5-7-10/h1,10,12H,4-9H2,2H3. The number of hydrogen-bond acceptors (Lipinski definition) is 1. The topological polar surface area (TPSA) is 20.2 Å². The highest BCUT2D eigenvalue weighted by molar-refractivity contribution is 4.89. The predicted octanol–water partition coefficient (Wildman–Crippen LogP) is 2.34. The second-order valence-corrected chi connectivity index (χ2v) is 4.20. The van der Waals surface area contributed by atoms with Gasteiger partial charge in [0.15, 0.2) is 0 Å². The van der Waals surface area contributed by atoms with Crippen LogP contribution in [-0.2, 0) is 0 Å². The first-order chi connectivity index (χ1) is 5.64. The van der Waals surface area contributed by atoms with E-state index in [0.29, 0.717) is 6.42 Å². The van der Waals surface area contributed by atoms with Gasteiger partial charge in [-0.1, -0.05) is 19.3 Å². The Kier molecular flexibility index (Phi) is 3.17. The molecule has 1 aliphatic carbocycles. The number of terminal acetylenes is 1. The van der Waals surface area contributed by atoms with E-state index in [-0.39, 0.29) is 0 Å². The molecule has 1 saturated carbocycles. The fourth-order valence-corrected chi connectivity index (χ4v) is 1.76. The summed E-state index contributed by atoms with van der Waals surface area (Å²) in [4.78, 5) is 0. The Balaban J connectivity index is 2.22. The van der Waals surface area contributed by atoms with Gasteiger partial charge in [-0.15, -0.1) is 12.3 Å². The van der Waals surface area contributed by atoms with Crippen molar-refractivity contribution in [2.24, 2.45) is 5.92 Å². The predicted molar refractivity (Wildman–Crippen MR) is 50.6 cm³/mol. The molecule has 1 atom stereocenters. The van der Waals surface area contributed by atoms with Crippen molar-refractivity contribution >= 4 is 0 Å². The van der Waals surface area contributed by atoms with Crippen molar-refractivity contribution in [1.29, 1.82) is 0 Å². The Morgan fingerprint density at radius 3 is 2.67 bits per heavy atom. The lowest BCUT2D eigenvalue weighted by molar-refractivity contribution is 0.0138. The molecule has 1 nitrogen and oxygen atoms in total. The van der Waals surface area contributed by atoms with Crippen LogP contribution in [0.4, 0.5) is 0 Å². The van der Waals surface area contributed by atoms with Crippen LogP contribution in [0, 0.1) is 18.3 Å². The SMILES string of the molecule is C#CCCC(C)(O)CC1CCC1. The Morgan fingerprint density at radius 1 is 1.58 bits per heavy atom. The fourth-order valence-electron chi connectivity index (χ4n) is 1.76. The van der Waals surface area contributed by atoms with Gasteiger partial charge >= 0.3 is 0 Å². The number of aliphatic hydroxyl groups is 1. The smallest absolute Gasteiger partial charge is 0.0631 e. The summed E-state index contributed by atoms with van der Waals surface area (Å²) >= 11 is 0. The van der Waals surface area contributed by atoms with Crippen LogP contribution in [0.15, 0.2) is 0 Å². The third-order valence-electron chi connectivity index (χ3n) is 2.76. The van der Waals surface area contributed by atoms with Gasteiger partial charge in [0, 0.05) is 6.42 Å². The van der Waals surface area contributed by atoms with Crippen molar-refractivity contribution in [3.05, 3.63) is 0 Å². The van der Waals surface area contributed by atoms with E-state index in [9.17, 15) is 5.11 Å². The van der Waals surface area contributed by atoms with Crippen LogP contribution in [0.25, 0.3) is 0 Å². The maximum absolute atomic E-state index is 9.89. The average Bonchev–Trinajstić information content (AvgIpc) is 1.94. The second kappa shape index (κ2) is 3.96. The fraction of sp³-hybridized carbons (Fsp3) is 0.818. The minimum atomic E-state index is -0.516. The zero-order chi connectivity index (χ0) is 9.03. The first-order valence-corrected chi connectivity index (χ1v) is 4.80. The zero-order valence-corrected chi connectivity index (χ0v) is 7.84. The van der Waals surface area contributed by atoms with Crippen LogP contribution in [0.2, 0.25) is 0 Å². The molecule has 0 aromatic carbocycles. The summed E-state index contributed by atoms with van der Waals surface area (Å²) in [7, 11) is 0. The van der Waals surface area contributed by atoms with Gasteiger partial charge in [-0.05, 0) is 25.7 Å². The van der Waals surface area contributed by atoms with Gasteiger partial charge in [-0.3, -0.25) is 0 Å². The molecule has 0 bridgehead atoms. The average molecular weight is 166 g/mol. The highest BCUT2D eigenvalue weighted by atomic mass is 16.3. The lowest BCUT2D eigenvalue weighted by Crippen LogP contribution is -2.30. The van der Waals surface area contributed by atoms with Crippen LogP contribution in [0.1, 0.15) is 45.4 Å². The van der Waals surface area contributed by atoms with Gasteiger partial charge in [-0.25, -0.2) is 0 Å². The van der Waals surface area contributed by atoms with E-state index in [1.54, 1.807) is 0 Å². The van der Waals surface area contributed by atoms with Crippen LogP contribution in [-0.4, -0.2) is 10.7 Å². The summed E-state index contributed by atoms with van der Waals surface area (Å²) in [6.07, 6.45) is 11.5. The first kappa shape index (κ1) is 9.61. The second-order valence-electron chi connectivity index (χ2n) is 4.20. The highest BCUT2D eigenvalue weighted by Crippen LogP contribution is 2.35. The van der Waals surface area contributed by atoms with Gasteiger partial charge in [0.1, 0.15) is 0 Å². The molecular formula is C11H18O. The van der Waals surface area contributed by atoms with Crippen molar-refractivity contribution < 1.29 is 5.11 Å². The molecule has 68 valence electrons. The molecular weight excluding hydrogens is 148 g/mol. The van der Waals surface area contributed by atoms with Gasteiger partial charge < -0.3 is 5.11 Å². The summed E-state index contributed by atoms with van der Waals surface area (Å²) in [5.74, 6) is 3.33. The van der Waals surface area contributed by atoms with Gasteiger partial charge in [0.25, 0.3) is 0 Å². The molecule has 0 aliphatic heterocycles. The molecule has 0 aromatic rings. The van der Waals surface area contributed by atoms with E-state index >= 15 is 0 Å². The molecule has 0 amide bonds. The third kappa shape index (κ3) is 2.87. The van der Waals surface area contributed by atoms with E-state index in [4.69, 9.17) is 6.42 Å². The van der Waals surface area contributed by atoms with E-state index in [0.717, 1.165) is 18.8 Å². The van der Waals surface area contributed by atoms with Crippen LogP contribution in [0.3, 0.4) is 0 Å². The van der Waals surface area contributed by atoms with E-state index < -0.39 is 5.60 Å². The van der Waals surface area contributed by atoms with E-state index in [1.807, 2.05) is 6.92 Å². The molecule has 1 rings (SSSR count). The molecule has 0 spiro atoms. The maximum atomic E-state index is 9.89. The monoisotopic (exact) mass is 166 g/mol. The summed E-state index contributed by atoms with van der Waals surface area (Å²) in [5.41, 5.74) is -0.516. The van der Waals surface area contributed by atoms with Crippen LogP contribution < -0.4 is 0 Å².